The third kappa shape index (κ3) is 4.53. The molecule has 20 heavy (non-hydrogen) atoms. The minimum atomic E-state index is 0.929. The maximum atomic E-state index is 4.61. The summed E-state index contributed by atoms with van der Waals surface area (Å²) in [4.78, 5) is 4.61. The van der Waals surface area contributed by atoms with Gasteiger partial charge in [-0.2, -0.15) is 0 Å². The zero-order valence-corrected chi connectivity index (χ0v) is 13.5. The van der Waals surface area contributed by atoms with Crippen LogP contribution in [0.15, 0.2) is 6.20 Å². The Bertz CT molecular complexity index is 389. The Labute approximate surface area is 124 Å². The van der Waals surface area contributed by atoms with E-state index in [-0.39, 0.29) is 0 Å². The van der Waals surface area contributed by atoms with Gasteiger partial charge in [-0.05, 0) is 31.6 Å². The first kappa shape index (κ1) is 15.4. The quantitative estimate of drug-likeness (QED) is 0.788. The summed E-state index contributed by atoms with van der Waals surface area (Å²) in [6, 6.07) is 0. The van der Waals surface area contributed by atoms with Gasteiger partial charge in [-0.25, -0.2) is 4.98 Å². The van der Waals surface area contributed by atoms with E-state index in [1.54, 1.807) is 0 Å². The van der Waals surface area contributed by atoms with Gasteiger partial charge in [-0.3, -0.25) is 0 Å². The van der Waals surface area contributed by atoms with Crippen LogP contribution in [0.4, 0.5) is 5.95 Å². The minimum Gasteiger partial charge on any atom is -0.356 e. The van der Waals surface area contributed by atoms with Crippen molar-refractivity contribution in [3.63, 3.8) is 0 Å². The normalized spacial score (nSPS) is 22.9. The first-order chi connectivity index (χ1) is 9.69. The number of unbranched alkanes of at least 4 members (excludes halogenated alkanes) is 1. The van der Waals surface area contributed by atoms with Crippen LogP contribution in [0.5, 0.6) is 0 Å². The van der Waals surface area contributed by atoms with Gasteiger partial charge < -0.3 is 9.88 Å². The molecule has 0 saturated heterocycles. The zero-order valence-electron chi connectivity index (χ0n) is 13.5. The first-order valence-electron chi connectivity index (χ1n) is 8.46. The molecule has 1 N–H and O–H groups in total. The Balaban J connectivity index is 1.75. The molecule has 0 bridgehead atoms. The molecular weight excluding hydrogens is 246 g/mol. The molecule has 0 atom stereocenters. The Morgan fingerprint density at radius 1 is 1.30 bits per heavy atom. The Kier molecular flexibility index (Phi) is 5.93. The van der Waals surface area contributed by atoms with E-state index in [2.05, 4.69) is 41.8 Å². The van der Waals surface area contributed by atoms with Gasteiger partial charge in [0, 0.05) is 19.3 Å². The van der Waals surface area contributed by atoms with Gasteiger partial charge in [0.15, 0.2) is 0 Å². The van der Waals surface area contributed by atoms with Gasteiger partial charge in [0.1, 0.15) is 0 Å². The van der Waals surface area contributed by atoms with Gasteiger partial charge >= 0.3 is 0 Å². The second-order valence-corrected chi connectivity index (χ2v) is 6.59. The molecule has 0 spiro atoms. The average molecular weight is 277 g/mol. The summed E-state index contributed by atoms with van der Waals surface area (Å²) in [5, 5.41) is 3.55. The summed E-state index contributed by atoms with van der Waals surface area (Å²) in [5.74, 6) is 2.95. The molecule has 1 aromatic rings. The molecule has 0 amide bonds. The number of nitrogens with one attached hydrogen (secondary N) is 1. The lowest BCUT2D eigenvalue weighted by Crippen LogP contribution is -2.17. The fourth-order valence-corrected chi connectivity index (χ4v) is 3.19. The second-order valence-electron chi connectivity index (χ2n) is 6.59. The van der Waals surface area contributed by atoms with Crippen molar-refractivity contribution >= 4 is 5.95 Å². The highest BCUT2D eigenvalue weighted by atomic mass is 15.2. The molecule has 1 aromatic heterocycles. The molecule has 1 heterocycles. The molecule has 1 aliphatic rings. The van der Waals surface area contributed by atoms with E-state index >= 15 is 0 Å². The highest BCUT2D eigenvalue weighted by Crippen LogP contribution is 2.30. The molecule has 1 fully saturated rings. The minimum absolute atomic E-state index is 0.929. The van der Waals surface area contributed by atoms with Crippen molar-refractivity contribution in [3.05, 3.63) is 11.9 Å². The summed E-state index contributed by atoms with van der Waals surface area (Å²) in [6.07, 6.45) is 11.6. The second kappa shape index (κ2) is 7.70. The molecular formula is C17H31N3. The van der Waals surface area contributed by atoms with Crippen LogP contribution in [-0.2, 0) is 6.54 Å². The molecule has 0 unspecified atom stereocenters. The van der Waals surface area contributed by atoms with Crippen molar-refractivity contribution in [1.29, 1.82) is 0 Å². The van der Waals surface area contributed by atoms with Crippen molar-refractivity contribution in [2.45, 2.75) is 72.3 Å². The Hall–Kier alpha value is -0.990. The molecule has 114 valence electrons. The Morgan fingerprint density at radius 3 is 2.75 bits per heavy atom. The van der Waals surface area contributed by atoms with Crippen LogP contribution in [0.2, 0.25) is 0 Å². The highest BCUT2D eigenvalue weighted by molar-refractivity contribution is 5.28. The zero-order chi connectivity index (χ0) is 14.4. The van der Waals surface area contributed by atoms with Crippen LogP contribution in [0.1, 0.15) is 64.5 Å². The molecule has 0 aliphatic heterocycles. The number of imidazole rings is 1. The topological polar surface area (TPSA) is 29.9 Å². The average Bonchev–Trinajstić information content (AvgIpc) is 2.79. The van der Waals surface area contributed by atoms with Crippen LogP contribution >= 0.6 is 0 Å². The summed E-state index contributed by atoms with van der Waals surface area (Å²) in [7, 11) is 0. The van der Waals surface area contributed by atoms with Gasteiger partial charge in [0.2, 0.25) is 5.95 Å². The maximum Gasteiger partial charge on any atom is 0.203 e. The largest absolute Gasteiger partial charge is 0.356 e. The third-order valence-electron chi connectivity index (χ3n) is 4.62. The van der Waals surface area contributed by atoms with E-state index < -0.39 is 0 Å². The van der Waals surface area contributed by atoms with E-state index in [4.69, 9.17) is 0 Å². The SMILES string of the molecule is CCCCn1cc(C)nc1NCCC1CCC(C)CC1. The summed E-state index contributed by atoms with van der Waals surface area (Å²) in [6.45, 7) is 8.86. The lowest BCUT2D eigenvalue weighted by Gasteiger charge is -2.26. The van der Waals surface area contributed by atoms with Crippen molar-refractivity contribution in [2.24, 2.45) is 11.8 Å². The number of hydrogen-bond donors (Lipinski definition) is 1. The molecule has 2 rings (SSSR count). The van der Waals surface area contributed by atoms with Crippen LogP contribution < -0.4 is 5.32 Å². The summed E-state index contributed by atoms with van der Waals surface area (Å²) >= 11 is 0. The Morgan fingerprint density at radius 2 is 2.05 bits per heavy atom. The monoisotopic (exact) mass is 277 g/mol. The number of rotatable bonds is 7. The number of aromatic nitrogens is 2. The van der Waals surface area contributed by atoms with Crippen LogP contribution in [0.25, 0.3) is 0 Å². The van der Waals surface area contributed by atoms with Gasteiger partial charge in [0.05, 0.1) is 5.69 Å². The van der Waals surface area contributed by atoms with Crippen LogP contribution in [0, 0.1) is 18.8 Å². The molecule has 1 aliphatic carbocycles. The van der Waals surface area contributed by atoms with Gasteiger partial charge in [-0.15, -0.1) is 0 Å². The molecule has 0 radical (unpaired) electrons. The fraction of sp³-hybridized carbons (Fsp3) is 0.824. The third-order valence-corrected chi connectivity index (χ3v) is 4.62. The predicted octanol–water partition coefficient (Wildman–Crippen LogP) is 4.62. The smallest absolute Gasteiger partial charge is 0.203 e. The van der Waals surface area contributed by atoms with E-state index in [0.29, 0.717) is 0 Å². The standard InChI is InChI=1S/C17H31N3/c1-4-5-12-20-13-15(3)19-17(20)18-11-10-16-8-6-14(2)7-9-16/h13-14,16H,4-12H2,1-3H3,(H,18,19). The van der Waals surface area contributed by atoms with E-state index in [1.807, 2.05) is 0 Å². The molecule has 0 aromatic carbocycles. The molecule has 1 saturated carbocycles. The lowest BCUT2D eigenvalue weighted by atomic mass is 9.81. The number of hydrogen-bond acceptors (Lipinski definition) is 2. The van der Waals surface area contributed by atoms with Crippen LogP contribution in [-0.4, -0.2) is 16.1 Å². The van der Waals surface area contributed by atoms with Crippen molar-refractivity contribution in [1.82, 2.24) is 9.55 Å². The van der Waals surface area contributed by atoms with Gasteiger partial charge in [-0.1, -0.05) is 46.0 Å². The first-order valence-corrected chi connectivity index (χ1v) is 8.46. The maximum absolute atomic E-state index is 4.61. The number of anilines is 1. The molecule has 3 nitrogen and oxygen atoms in total. The summed E-state index contributed by atoms with van der Waals surface area (Å²) in [5.41, 5.74) is 1.12. The predicted molar refractivity (Wildman–Crippen MR) is 86.1 cm³/mol. The van der Waals surface area contributed by atoms with E-state index in [9.17, 15) is 0 Å². The fourth-order valence-electron chi connectivity index (χ4n) is 3.19. The van der Waals surface area contributed by atoms with E-state index in [0.717, 1.165) is 36.6 Å². The molecule has 3 heteroatoms. The van der Waals surface area contributed by atoms with Gasteiger partial charge in [0.25, 0.3) is 0 Å². The van der Waals surface area contributed by atoms with Crippen molar-refractivity contribution in [2.75, 3.05) is 11.9 Å². The lowest BCUT2D eigenvalue weighted by molar-refractivity contribution is 0.281. The van der Waals surface area contributed by atoms with Crippen molar-refractivity contribution < 1.29 is 0 Å². The number of aryl methyl sites for hydroxylation is 2. The number of nitrogens with zero attached hydrogens (tertiary/aromatic N) is 2. The summed E-state index contributed by atoms with van der Waals surface area (Å²) < 4.78 is 2.28. The van der Waals surface area contributed by atoms with Crippen LogP contribution in [0.3, 0.4) is 0 Å². The highest BCUT2D eigenvalue weighted by Gasteiger charge is 2.17. The van der Waals surface area contributed by atoms with Crippen molar-refractivity contribution in [3.8, 4) is 0 Å². The van der Waals surface area contributed by atoms with E-state index in [1.165, 1.54) is 44.9 Å².